The first-order valence-corrected chi connectivity index (χ1v) is 7.06. The normalized spacial score (nSPS) is 29.3. The van der Waals surface area contributed by atoms with Gasteiger partial charge in [-0.05, 0) is 12.3 Å². The smallest absolute Gasteiger partial charge is 0.318 e. The second-order valence-corrected chi connectivity index (χ2v) is 5.71. The van der Waals surface area contributed by atoms with Crippen LogP contribution >= 0.6 is 0 Å². The first kappa shape index (κ1) is 14.3. The molecule has 0 spiro atoms. The van der Waals surface area contributed by atoms with Crippen molar-refractivity contribution in [2.24, 2.45) is 17.6 Å². The van der Waals surface area contributed by atoms with Gasteiger partial charge in [0.1, 0.15) is 0 Å². The SMILES string of the molecule is NC(=O)NC(=O)CN1CC[C@@H](O)[C@H](C2CCCC2)C1. The molecular weight excluding hydrogens is 246 g/mol. The van der Waals surface area contributed by atoms with Gasteiger partial charge in [0.2, 0.25) is 5.91 Å². The van der Waals surface area contributed by atoms with Crippen LogP contribution in [0.4, 0.5) is 4.79 Å². The maximum absolute atomic E-state index is 11.5. The summed E-state index contributed by atoms with van der Waals surface area (Å²) in [4.78, 5) is 24.1. The molecule has 4 N–H and O–H groups in total. The number of rotatable bonds is 3. The molecule has 0 aromatic rings. The summed E-state index contributed by atoms with van der Waals surface area (Å²) in [6, 6.07) is -0.811. The molecule has 108 valence electrons. The minimum atomic E-state index is -0.811. The number of nitrogens with two attached hydrogens (primary N) is 1. The molecule has 0 aromatic carbocycles. The molecule has 1 saturated heterocycles. The Balaban J connectivity index is 1.86. The van der Waals surface area contributed by atoms with E-state index in [1.807, 2.05) is 4.90 Å². The lowest BCUT2D eigenvalue weighted by Gasteiger charge is -2.38. The molecule has 1 heterocycles. The minimum absolute atomic E-state index is 0.179. The van der Waals surface area contributed by atoms with Gasteiger partial charge in [-0.15, -0.1) is 0 Å². The summed E-state index contributed by atoms with van der Waals surface area (Å²) in [5.41, 5.74) is 4.92. The van der Waals surface area contributed by atoms with Crippen LogP contribution in [0.5, 0.6) is 0 Å². The summed E-state index contributed by atoms with van der Waals surface area (Å²) in [6.07, 6.45) is 5.31. The van der Waals surface area contributed by atoms with Crippen LogP contribution in [-0.4, -0.2) is 47.7 Å². The maximum atomic E-state index is 11.5. The highest BCUT2D eigenvalue weighted by Gasteiger charge is 2.35. The zero-order valence-corrected chi connectivity index (χ0v) is 11.2. The summed E-state index contributed by atoms with van der Waals surface area (Å²) in [5, 5.41) is 12.2. The molecule has 2 fully saturated rings. The molecule has 0 bridgehead atoms. The first-order valence-electron chi connectivity index (χ1n) is 7.06. The second-order valence-electron chi connectivity index (χ2n) is 5.71. The zero-order valence-electron chi connectivity index (χ0n) is 11.2. The fraction of sp³-hybridized carbons (Fsp3) is 0.846. The Bertz CT molecular complexity index is 342. The van der Waals surface area contributed by atoms with E-state index in [1.165, 1.54) is 25.7 Å². The number of urea groups is 1. The van der Waals surface area contributed by atoms with Gasteiger partial charge in [0.05, 0.1) is 12.6 Å². The topological polar surface area (TPSA) is 95.7 Å². The highest BCUT2D eigenvalue weighted by Crippen LogP contribution is 2.36. The fourth-order valence-electron chi connectivity index (χ4n) is 3.41. The van der Waals surface area contributed by atoms with E-state index in [4.69, 9.17) is 5.73 Å². The Labute approximate surface area is 113 Å². The van der Waals surface area contributed by atoms with Crippen LogP contribution in [-0.2, 0) is 4.79 Å². The van der Waals surface area contributed by atoms with E-state index in [1.54, 1.807) is 0 Å². The summed E-state index contributed by atoms with van der Waals surface area (Å²) in [6.45, 7) is 1.60. The molecule has 2 aliphatic rings. The lowest BCUT2D eigenvalue weighted by atomic mass is 9.82. The standard InChI is InChI=1S/C13H23N3O3/c14-13(19)15-12(18)8-16-6-5-11(17)10(7-16)9-3-1-2-4-9/h9-11,17H,1-8H2,(H3,14,15,18,19)/t10-,11+/m0/s1. The van der Waals surface area contributed by atoms with E-state index in [0.717, 1.165) is 6.54 Å². The largest absolute Gasteiger partial charge is 0.393 e. The van der Waals surface area contributed by atoms with E-state index in [-0.39, 0.29) is 24.5 Å². The van der Waals surface area contributed by atoms with Crippen LogP contribution in [0.3, 0.4) is 0 Å². The number of hydrogen-bond acceptors (Lipinski definition) is 4. The minimum Gasteiger partial charge on any atom is -0.393 e. The molecule has 3 amide bonds. The number of carbonyl (C=O) groups is 2. The monoisotopic (exact) mass is 269 g/mol. The number of aliphatic hydroxyl groups excluding tert-OH is 1. The third-order valence-electron chi connectivity index (χ3n) is 4.34. The third kappa shape index (κ3) is 3.91. The van der Waals surface area contributed by atoms with Gasteiger partial charge < -0.3 is 10.8 Å². The van der Waals surface area contributed by atoms with E-state index in [0.29, 0.717) is 18.9 Å². The van der Waals surface area contributed by atoms with Gasteiger partial charge in [-0.2, -0.15) is 0 Å². The first-order chi connectivity index (χ1) is 9.06. The second kappa shape index (κ2) is 6.34. The Morgan fingerprint density at radius 3 is 2.58 bits per heavy atom. The van der Waals surface area contributed by atoms with Crippen LogP contribution in [0, 0.1) is 11.8 Å². The maximum Gasteiger partial charge on any atom is 0.318 e. The number of hydrogen-bond donors (Lipinski definition) is 3. The predicted octanol–water partition coefficient (Wildman–Crippen LogP) is 0.0543. The van der Waals surface area contributed by atoms with Gasteiger partial charge in [-0.25, -0.2) is 4.79 Å². The van der Waals surface area contributed by atoms with E-state index >= 15 is 0 Å². The fourth-order valence-corrected chi connectivity index (χ4v) is 3.41. The van der Waals surface area contributed by atoms with Crippen molar-refractivity contribution < 1.29 is 14.7 Å². The molecule has 0 aromatic heterocycles. The molecule has 2 atom stereocenters. The number of piperidine rings is 1. The highest BCUT2D eigenvalue weighted by molar-refractivity contribution is 5.94. The van der Waals surface area contributed by atoms with Gasteiger partial charge in [0.15, 0.2) is 0 Å². The molecule has 0 radical (unpaired) electrons. The molecule has 6 heteroatoms. The number of imide groups is 1. The molecule has 1 aliphatic heterocycles. The lowest BCUT2D eigenvalue weighted by Crippen LogP contribution is -2.50. The Morgan fingerprint density at radius 2 is 1.95 bits per heavy atom. The molecule has 19 heavy (non-hydrogen) atoms. The van der Waals surface area contributed by atoms with Crippen molar-refractivity contribution in [3.8, 4) is 0 Å². The average molecular weight is 269 g/mol. The Kier molecular flexibility index (Phi) is 4.76. The van der Waals surface area contributed by atoms with Crippen LogP contribution < -0.4 is 11.1 Å². The number of amides is 3. The van der Waals surface area contributed by atoms with Crippen molar-refractivity contribution in [1.82, 2.24) is 10.2 Å². The van der Waals surface area contributed by atoms with Crippen molar-refractivity contribution in [3.05, 3.63) is 0 Å². The summed E-state index contributed by atoms with van der Waals surface area (Å²) in [7, 11) is 0. The molecule has 0 unspecified atom stereocenters. The summed E-state index contributed by atoms with van der Waals surface area (Å²) >= 11 is 0. The van der Waals surface area contributed by atoms with Crippen molar-refractivity contribution in [2.75, 3.05) is 19.6 Å². The van der Waals surface area contributed by atoms with Crippen LogP contribution in [0.25, 0.3) is 0 Å². The van der Waals surface area contributed by atoms with Gasteiger partial charge in [-0.1, -0.05) is 25.7 Å². The van der Waals surface area contributed by atoms with E-state index < -0.39 is 6.03 Å². The molecule has 1 saturated carbocycles. The highest BCUT2D eigenvalue weighted by atomic mass is 16.3. The van der Waals surface area contributed by atoms with Crippen molar-refractivity contribution in [1.29, 1.82) is 0 Å². The van der Waals surface area contributed by atoms with Gasteiger partial charge in [0.25, 0.3) is 0 Å². The lowest BCUT2D eigenvalue weighted by molar-refractivity contribution is -0.122. The molecular formula is C13H23N3O3. The Hall–Kier alpha value is -1.14. The van der Waals surface area contributed by atoms with Crippen molar-refractivity contribution in [2.45, 2.75) is 38.2 Å². The molecule has 2 rings (SSSR count). The quantitative estimate of drug-likeness (QED) is 0.675. The molecule has 6 nitrogen and oxygen atoms in total. The van der Waals surface area contributed by atoms with Gasteiger partial charge in [0, 0.05) is 19.0 Å². The number of nitrogens with one attached hydrogen (secondary N) is 1. The predicted molar refractivity (Wildman–Crippen MR) is 70.2 cm³/mol. The number of carbonyl (C=O) groups excluding carboxylic acids is 2. The Morgan fingerprint density at radius 1 is 1.26 bits per heavy atom. The summed E-state index contributed by atoms with van der Waals surface area (Å²) < 4.78 is 0. The average Bonchev–Trinajstić information content (AvgIpc) is 2.84. The van der Waals surface area contributed by atoms with Crippen LogP contribution in [0.15, 0.2) is 0 Å². The van der Waals surface area contributed by atoms with E-state index in [9.17, 15) is 14.7 Å². The zero-order chi connectivity index (χ0) is 13.8. The van der Waals surface area contributed by atoms with E-state index in [2.05, 4.69) is 5.32 Å². The number of aliphatic hydroxyl groups is 1. The number of likely N-dealkylation sites (tertiary alicyclic amines) is 1. The van der Waals surface area contributed by atoms with Crippen molar-refractivity contribution >= 4 is 11.9 Å². The van der Waals surface area contributed by atoms with Gasteiger partial charge >= 0.3 is 6.03 Å². The van der Waals surface area contributed by atoms with Gasteiger partial charge in [-0.3, -0.25) is 15.0 Å². The third-order valence-corrected chi connectivity index (χ3v) is 4.34. The summed E-state index contributed by atoms with van der Waals surface area (Å²) in [5.74, 6) is 0.476. The van der Waals surface area contributed by atoms with Crippen LogP contribution in [0.1, 0.15) is 32.1 Å². The molecule has 1 aliphatic carbocycles. The van der Waals surface area contributed by atoms with Crippen LogP contribution in [0.2, 0.25) is 0 Å². The van der Waals surface area contributed by atoms with Crippen molar-refractivity contribution in [3.63, 3.8) is 0 Å². The number of nitrogens with zero attached hydrogens (tertiary/aromatic N) is 1. The number of primary amides is 1.